The maximum atomic E-state index is 13.2. The first-order valence-electron chi connectivity index (χ1n) is 5.77. The molecule has 2 aromatic rings. The molecule has 1 aromatic carbocycles. The minimum absolute atomic E-state index is 0.178. The van der Waals surface area contributed by atoms with E-state index in [2.05, 4.69) is 10.3 Å². The number of nitrogens with two attached hydrogens (primary N) is 1. The minimum atomic E-state index is -0.538. The number of anilines is 2. The molecular weight excluding hydrogens is 245 g/mol. The Balaban J connectivity index is 2.25. The molecule has 1 aromatic heterocycles. The zero-order valence-corrected chi connectivity index (χ0v) is 10.7. The monoisotopic (exact) mass is 259 g/mol. The van der Waals surface area contributed by atoms with Crippen molar-refractivity contribution in [2.75, 3.05) is 11.1 Å². The van der Waals surface area contributed by atoms with Crippen LogP contribution in [0.1, 0.15) is 21.7 Å². The Morgan fingerprint density at radius 2 is 2.00 bits per heavy atom. The van der Waals surface area contributed by atoms with Crippen LogP contribution in [0, 0.1) is 19.7 Å². The Morgan fingerprint density at radius 3 is 2.63 bits per heavy atom. The van der Waals surface area contributed by atoms with Gasteiger partial charge in [0.1, 0.15) is 5.82 Å². The predicted molar refractivity (Wildman–Crippen MR) is 72.5 cm³/mol. The van der Waals surface area contributed by atoms with Gasteiger partial charge in [-0.2, -0.15) is 0 Å². The largest absolute Gasteiger partial charge is 0.399 e. The molecule has 0 spiro atoms. The number of aryl methyl sites for hydroxylation is 2. The molecule has 0 radical (unpaired) electrons. The number of halogens is 1. The fourth-order valence-corrected chi connectivity index (χ4v) is 1.76. The highest BCUT2D eigenvalue weighted by Crippen LogP contribution is 2.16. The van der Waals surface area contributed by atoms with Gasteiger partial charge in [-0.1, -0.05) is 0 Å². The highest BCUT2D eigenvalue weighted by atomic mass is 19.1. The van der Waals surface area contributed by atoms with Gasteiger partial charge < -0.3 is 11.1 Å². The first-order valence-corrected chi connectivity index (χ1v) is 5.77. The Bertz CT molecular complexity index is 620. The summed E-state index contributed by atoms with van der Waals surface area (Å²) in [6.07, 6.45) is 0. The van der Waals surface area contributed by atoms with Gasteiger partial charge in [-0.05, 0) is 44.2 Å². The quantitative estimate of drug-likeness (QED) is 0.815. The van der Waals surface area contributed by atoms with E-state index in [-0.39, 0.29) is 11.3 Å². The average Bonchev–Trinajstić information content (AvgIpc) is 2.31. The molecule has 4 nitrogen and oxygen atoms in total. The second kappa shape index (κ2) is 5.06. The van der Waals surface area contributed by atoms with Crippen molar-refractivity contribution in [3.05, 3.63) is 53.1 Å². The van der Waals surface area contributed by atoms with Crippen LogP contribution in [0.15, 0.2) is 30.3 Å². The third-order valence-electron chi connectivity index (χ3n) is 2.66. The average molecular weight is 259 g/mol. The molecule has 0 bridgehead atoms. The van der Waals surface area contributed by atoms with Crippen molar-refractivity contribution in [1.82, 2.24) is 4.98 Å². The molecule has 5 heteroatoms. The van der Waals surface area contributed by atoms with Crippen LogP contribution in [0.2, 0.25) is 0 Å². The summed E-state index contributed by atoms with van der Waals surface area (Å²) in [5.41, 5.74) is 8.07. The summed E-state index contributed by atoms with van der Waals surface area (Å²) < 4.78 is 13.2. The number of nitrogens with one attached hydrogen (secondary N) is 1. The van der Waals surface area contributed by atoms with E-state index in [4.69, 9.17) is 5.73 Å². The number of rotatable bonds is 2. The standard InChI is InChI=1S/C14H14FN3O/c1-8-3-4-13(9(2)17-8)18-14(19)10-5-11(15)7-12(16)6-10/h3-7H,16H2,1-2H3,(H,18,19). The van der Waals surface area contributed by atoms with Crippen molar-refractivity contribution in [2.45, 2.75) is 13.8 Å². The van der Waals surface area contributed by atoms with Crippen molar-refractivity contribution in [2.24, 2.45) is 0 Å². The third kappa shape index (κ3) is 3.07. The summed E-state index contributed by atoms with van der Waals surface area (Å²) in [5, 5.41) is 2.68. The topological polar surface area (TPSA) is 68.0 Å². The normalized spacial score (nSPS) is 10.3. The summed E-state index contributed by atoms with van der Waals surface area (Å²) in [4.78, 5) is 16.2. The van der Waals surface area contributed by atoms with E-state index in [1.54, 1.807) is 19.1 Å². The van der Waals surface area contributed by atoms with E-state index in [0.29, 0.717) is 11.4 Å². The Hall–Kier alpha value is -2.43. The van der Waals surface area contributed by atoms with Crippen molar-refractivity contribution in [3.8, 4) is 0 Å². The first kappa shape index (κ1) is 13.0. The lowest BCUT2D eigenvalue weighted by Crippen LogP contribution is -2.14. The lowest BCUT2D eigenvalue weighted by Gasteiger charge is -2.09. The second-order valence-corrected chi connectivity index (χ2v) is 4.31. The van der Waals surface area contributed by atoms with E-state index >= 15 is 0 Å². The molecule has 3 N–H and O–H groups in total. The Kier molecular flexibility index (Phi) is 3.46. The summed E-state index contributed by atoms with van der Waals surface area (Å²) in [7, 11) is 0. The van der Waals surface area contributed by atoms with Gasteiger partial charge in [0, 0.05) is 16.9 Å². The predicted octanol–water partition coefficient (Wildman–Crippen LogP) is 2.67. The van der Waals surface area contributed by atoms with Gasteiger partial charge in [-0.15, -0.1) is 0 Å². The summed E-state index contributed by atoms with van der Waals surface area (Å²) >= 11 is 0. The Labute approximate surface area is 110 Å². The van der Waals surface area contributed by atoms with Crippen molar-refractivity contribution >= 4 is 17.3 Å². The van der Waals surface area contributed by atoms with Crippen LogP contribution in [0.4, 0.5) is 15.8 Å². The number of carbonyl (C=O) groups is 1. The Morgan fingerprint density at radius 1 is 1.26 bits per heavy atom. The van der Waals surface area contributed by atoms with Crippen LogP contribution in [0.3, 0.4) is 0 Å². The molecular formula is C14H14FN3O. The molecule has 0 aliphatic carbocycles. The molecule has 0 saturated carbocycles. The van der Waals surface area contributed by atoms with E-state index in [1.165, 1.54) is 6.07 Å². The zero-order valence-electron chi connectivity index (χ0n) is 10.7. The van der Waals surface area contributed by atoms with Crippen molar-refractivity contribution in [1.29, 1.82) is 0 Å². The SMILES string of the molecule is Cc1ccc(NC(=O)c2cc(N)cc(F)c2)c(C)n1. The number of benzene rings is 1. The number of amides is 1. The number of nitrogen functional groups attached to an aromatic ring is 1. The highest BCUT2D eigenvalue weighted by molar-refractivity contribution is 6.05. The number of hydrogen-bond acceptors (Lipinski definition) is 3. The number of hydrogen-bond donors (Lipinski definition) is 2. The van der Waals surface area contributed by atoms with Crippen LogP contribution in [-0.4, -0.2) is 10.9 Å². The number of carbonyl (C=O) groups excluding carboxylic acids is 1. The van der Waals surface area contributed by atoms with Gasteiger partial charge in [0.05, 0.1) is 11.4 Å². The van der Waals surface area contributed by atoms with Gasteiger partial charge in [0.25, 0.3) is 5.91 Å². The molecule has 0 aliphatic heterocycles. The van der Waals surface area contributed by atoms with E-state index < -0.39 is 11.7 Å². The van der Waals surface area contributed by atoms with E-state index in [0.717, 1.165) is 17.8 Å². The molecule has 19 heavy (non-hydrogen) atoms. The molecule has 1 amide bonds. The minimum Gasteiger partial charge on any atom is -0.399 e. The van der Waals surface area contributed by atoms with Gasteiger partial charge in [-0.25, -0.2) is 4.39 Å². The van der Waals surface area contributed by atoms with E-state index in [1.807, 2.05) is 6.92 Å². The van der Waals surface area contributed by atoms with E-state index in [9.17, 15) is 9.18 Å². The molecule has 1 heterocycles. The number of pyridine rings is 1. The lowest BCUT2D eigenvalue weighted by molar-refractivity contribution is 0.102. The van der Waals surface area contributed by atoms with Crippen LogP contribution in [0.25, 0.3) is 0 Å². The fraction of sp³-hybridized carbons (Fsp3) is 0.143. The summed E-state index contributed by atoms with van der Waals surface area (Å²) in [6.45, 7) is 3.66. The van der Waals surface area contributed by atoms with Gasteiger partial charge >= 0.3 is 0 Å². The fourth-order valence-electron chi connectivity index (χ4n) is 1.76. The maximum absolute atomic E-state index is 13.2. The molecule has 0 unspecified atom stereocenters. The van der Waals surface area contributed by atoms with Crippen molar-refractivity contribution < 1.29 is 9.18 Å². The van der Waals surface area contributed by atoms with Crippen LogP contribution in [-0.2, 0) is 0 Å². The second-order valence-electron chi connectivity index (χ2n) is 4.31. The molecule has 2 rings (SSSR count). The summed E-state index contributed by atoms with van der Waals surface area (Å²) in [6, 6.07) is 7.29. The van der Waals surface area contributed by atoms with Crippen LogP contribution >= 0.6 is 0 Å². The lowest BCUT2D eigenvalue weighted by atomic mass is 10.1. The van der Waals surface area contributed by atoms with Crippen molar-refractivity contribution in [3.63, 3.8) is 0 Å². The molecule has 0 fully saturated rings. The van der Waals surface area contributed by atoms with Gasteiger partial charge in [0.15, 0.2) is 0 Å². The van der Waals surface area contributed by atoms with Crippen LogP contribution < -0.4 is 11.1 Å². The maximum Gasteiger partial charge on any atom is 0.255 e. The summed E-state index contributed by atoms with van der Waals surface area (Å²) in [5.74, 6) is -0.955. The third-order valence-corrected chi connectivity index (χ3v) is 2.66. The molecule has 0 saturated heterocycles. The zero-order chi connectivity index (χ0) is 14.0. The molecule has 0 aliphatic rings. The number of nitrogens with zero attached hydrogens (tertiary/aromatic N) is 1. The molecule has 0 atom stereocenters. The smallest absolute Gasteiger partial charge is 0.255 e. The number of aromatic nitrogens is 1. The highest BCUT2D eigenvalue weighted by Gasteiger charge is 2.10. The van der Waals surface area contributed by atoms with Gasteiger partial charge in [0.2, 0.25) is 0 Å². The first-order chi connectivity index (χ1) is 8.95. The molecule has 98 valence electrons. The van der Waals surface area contributed by atoms with Gasteiger partial charge in [-0.3, -0.25) is 9.78 Å². The van der Waals surface area contributed by atoms with Crippen LogP contribution in [0.5, 0.6) is 0 Å².